The predicted octanol–water partition coefficient (Wildman–Crippen LogP) is 3.14. The number of aromatic nitrogens is 2. The van der Waals surface area contributed by atoms with E-state index >= 15 is 0 Å². The van der Waals surface area contributed by atoms with Gasteiger partial charge in [-0.25, -0.2) is 4.98 Å². The molecule has 0 atom stereocenters. The molecule has 4 heteroatoms. The van der Waals surface area contributed by atoms with Crippen LogP contribution in [0.4, 0.5) is 0 Å². The first-order chi connectivity index (χ1) is 7.89. The van der Waals surface area contributed by atoms with Gasteiger partial charge in [0.2, 0.25) is 0 Å². The molecule has 1 heterocycles. The van der Waals surface area contributed by atoms with E-state index in [0.717, 1.165) is 15.9 Å². The van der Waals surface area contributed by atoms with Gasteiger partial charge in [0, 0.05) is 10.2 Å². The fourth-order valence-corrected chi connectivity index (χ4v) is 2.33. The summed E-state index contributed by atoms with van der Waals surface area (Å²) >= 11 is 3.47. The van der Waals surface area contributed by atoms with Crippen LogP contribution in [0.5, 0.6) is 0 Å². The van der Waals surface area contributed by atoms with Crippen molar-refractivity contribution in [3.63, 3.8) is 0 Å². The molecular formula is C13H16BrN3. The average molecular weight is 294 g/mol. The SMILES string of the molecule is Cc1cc(Br)ccc1-n1cncc1C(C)(C)N. The van der Waals surface area contributed by atoms with Crippen LogP contribution in [0.15, 0.2) is 35.2 Å². The number of hydrogen-bond acceptors (Lipinski definition) is 2. The van der Waals surface area contributed by atoms with Crippen LogP contribution in [-0.2, 0) is 5.54 Å². The highest BCUT2D eigenvalue weighted by Crippen LogP contribution is 2.24. The first kappa shape index (κ1) is 12.3. The van der Waals surface area contributed by atoms with Crippen LogP contribution < -0.4 is 5.73 Å². The molecule has 0 fully saturated rings. The summed E-state index contributed by atoms with van der Waals surface area (Å²) in [6.07, 6.45) is 3.63. The first-order valence-electron chi connectivity index (χ1n) is 5.48. The van der Waals surface area contributed by atoms with Gasteiger partial charge in [0.05, 0.1) is 23.8 Å². The van der Waals surface area contributed by atoms with E-state index in [1.807, 2.05) is 30.7 Å². The number of nitrogens with two attached hydrogens (primary N) is 1. The normalized spacial score (nSPS) is 11.8. The minimum Gasteiger partial charge on any atom is -0.321 e. The van der Waals surface area contributed by atoms with Crippen LogP contribution in [0, 0.1) is 6.92 Å². The Hall–Kier alpha value is -1.13. The third-order valence-corrected chi connectivity index (χ3v) is 3.21. The Kier molecular flexibility index (Phi) is 3.10. The molecule has 0 spiro atoms. The largest absolute Gasteiger partial charge is 0.321 e. The molecule has 2 rings (SSSR count). The summed E-state index contributed by atoms with van der Waals surface area (Å²) < 4.78 is 3.12. The lowest BCUT2D eigenvalue weighted by Crippen LogP contribution is -2.31. The fourth-order valence-electron chi connectivity index (χ4n) is 1.85. The highest BCUT2D eigenvalue weighted by Gasteiger charge is 2.20. The molecule has 0 saturated heterocycles. The minimum atomic E-state index is -0.407. The van der Waals surface area contributed by atoms with Crippen LogP contribution in [-0.4, -0.2) is 9.55 Å². The third kappa shape index (κ3) is 2.42. The van der Waals surface area contributed by atoms with Gasteiger partial charge in [-0.05, 0) is 44.5 Å². The molecule has 0 amide bonds. The van der Waals surface area contributed by atoms with Gasteiger partial charge in [-0.15, -0.1) is 0 Å². The Morgan fingerprint density at radius 1 is 1.35 bits per heavy atom. The van der Waals surface area contributed by atoms with E-state index in [0.29, 0.717) is 0 Å². The molecular weight excluding hydrogens is 278 g/mol. The van der Waals surface area contributed by atoms with E-state index in [-0.39, 0.29) is 0 Å². The second-order valence-corrected chi connectivity index (χ2v) is 5.72. The Labute approximate surface area is 110 Å². The lowest BCUT2D eigenvalue weighted by atomic mass is 10.0. The van der Waals surface area contributed by atoms with Crippen molar-refractivity contribution in [1.82, 2.24) is 9.55 Å². The second kappa shape index (κ2) is 4.27. The van der Waals surface area contributed by atoms with Gasteiger partial charge >= 0.3 is 0 Å². The summed E-state index contributed by atoms with van der Waals surface area (Å²) in [6.45, 7) is 6.04. The van der Waals surface area contributed by atoms with Crippen molar-refractivity contribution in [2.24, 2.45) is 5.73 Å². The summed E-state index contributed by atoms with van der Waals surface area (Å²) in [7, 11) is 0. The van der Waals surface area contributed by atoms with Gasteiger partial charge in [0.15, 0.2) is 0 Å². The topological polar surface area (TPSA) is 43.8 Å². The molecule has 0 aliphatic carbocycles. The molecule has 3 nitrogen and oxygen atoms in total. The summed E-state index contributed by atoms with van der Waals surface area (Å²) in [5, 5.41) is 0. The Balaban J connectivity index is 2.58. The molecule has 1 aromatic heterocycles. The number of nitrogens with zero attached hydrogens (tertiary/aromatic N) is 2. The van der Waals surface area contributed by atoms with E-state index in [2.05, 4.69) is 40.0 Å². The molecule has 17 heavy (non-hydrogen) atoms. The third-order valence-electron chi connectivity index (χ3n) is 2.72. The first-order valence-corrected chi connectivity index (χ1v) is 6.27. The number of hydrogen-bond donors (Lipinski definition) is 1. The van der Waals surface area contributed by atoms with E-state index < -0.39 is 5.54 Å². The van der Waals surface area contributed by atoms with Gasteiger partial charge in [-0.1, -0.05) is 15.9 Å². The number of halogens is 1. The maximum atomic E-state index is 6.15. The van der Waals surface area contributed by atoms with Gasteiger partial charge in [-0.2, -0.15) is 0 Å². The molecule has 0 unspecified atom stereocenters. The molecule has 0 aliphatic heterocycles. The zero-order chi connectivity index (χ0) is 12.6. The van der Waals surface area contributed by atoms with Crippen molar-refractivity contribution in [3.8, 4) is 5.69 Å². The summed E-state index contributed by atoms with van der Waals surface area (Å²) in [5.41, 5.74) is 9.04. The van der Waals surface area contributed by atoms with Gasteiger partial charge in [-0.3, -0.25) is 0 Å². The van der Waals surface area contributed by atoms with Crippen molar-refractivity contribution >= 4 is 15.9 Å². The predicted molar refractivity (Wildman–Crippen MR) is 73.2 cm³/mol. The van der Waals surface area contributed by atoms with Crippen molar-refractivity contribution in [1.29, 1.82) is 0 Å². The lowest BCUT2D eigenvalue weighted by molar-refractivity contribution is 0.524. The number of imidazole rings is 1. The fraction of sp³-hybridized carbons (Fsp3) is 0.308. The van der Waals surface area contributed by atoms with Crippen molar-refractivity contribution < 1.29 is 0 Å². The second-order valence-electron chi connectivity index (χ2n) is 4.80. The number of aryl methyl sites for hydroxylation is 1. The highest BCUT2D eigenvalue weighted by atomic mass is 79.9. The van der Waals surface area contributed by atoms with E-state index in [1.165, 1.54) is 5.56 Å². The van der Waals surface area contributed by atoms with Crippen LogP contribution in [0.25, 0.3) is 5.69 Å². The van der Waals surface area contributed by atoms with E-state index in [4.69, 9.17) is 5.73 Å². The van der Waals surface area contributed by atoms with Crippen molar-refractivity contribution in [3.05, 3.63) is 46.5 Å². The molecule has 0 aliphatic rings. The van der Waals surface area contributed by atoms with Crippen LogP contribution in [0.1, 0.15) is 25.1 Å². The van der Waals surface area contributed by atoms with Crippen molar-refractivity contribution in [2.45, 2.75) is 26.3 Å². The summed E-state index contributed by atoms with van der Waals surface area (Å²) in [6, 6.07) is 6.18. The Morgan fingerprint density at radius 3 is 2.65 bits per heavy atom. The molecule has 0 saturated carbocycles. The van der Waals surface area contributed by atoms with E-state index in [9.17, 15) is 0 Å². The smallest absolute Gasteiger partial charge is 0.0994 e. The van der Waals surface area contributed by atoms with Gasteiger partial charge < -0.3 is 10.3 Å². The molecule has 0 bridgehead atoms. The van der Waals surface area contributed by atoms with Gasteiger partial charge in [0.25, 0.3) is 0 Å². The number of benzene rings is 1. The van der Waals surface area contributed by atoms with Crippen LogP contribution in [0.3, 0.4) is 0 Å². The van der Waals surface area contributed by atoms with Crippen LogP contribution >= 0.6 is 15.9 Å². The maximum Gasteiger partial charge on any atom is 0.0994 e. The highest BCUT2D eigenvalue weighted by molar-refractivity contribution is 9.10. The molecule has 2 aromatic rings. The zero-order valence-electron chi connectivity index (χ0n) is 10.2. The molecule has 90 valence electrons. The van der Waals surface area contributed by atoms with Crippen molar-refractivity contribution in [2.75, 3.05) is 0 Å². The zero-order valence-corrected chi connectivity index (χ0v) is 11.8. The molecule has 1 aromatic carbocycles. The molecule has 2 N–H and O–H groups in total. The summed E-state index contributed by atoms with van der Waals surface area (Å²) in [5.74, 6) is 0. The average Bonchev–Trinajstić information content (AvgIpc) is 2.65. The standard InChI is InChI=1S/C13H16BrN3/c1-9-6-10(14)4-5-11(9)17-8-16-7-12(17)13(2,3)15/h4-8H,15H2,1-3H3. The lowest BCUT2D eigenvalue weighted by Gasteiger charge is -2.21. The summed E-state index contributed by atoms with van der Waals surface area (Å²) in [4.78, 5) is 4.20. The Morgan fingerprint density at radius 2 is 2.06 bits per heavy atom. The molecule has 0 radical (unpaired) electrons. The quantitative estimate of drug-likeness (QED) is 0.924. The maximum absolute atomic E-state index is 6.15. The van der Waals surface area contributed by atoms with E-state index in [1.54, 1.807) is 6.33 Å². The number of rotatable bonds is 2. The Bertz CT molecular complexity index is 538. The van der Waals surface area contributed by atoms with Crippen LogP contribution in [0.2, 0.25) is 0 Å². The minimum absolute atomic E-state index is 0.407. The monoisotopic (exact) mass is 293 g/mol. The van der Waals surface area contributed by atoms with Gasteiger partial charge in [0.1, 0.15) is 0 Å².